The first-order valence-electron chi connectivity index (χ1n) is 8.86. The Balaban J connectivity index is 1.54. The van der Waals surface area contributed by atoms with E-state index in [4.69, 9.17) is 4.74 Å². The SMILES string of the molecule is O=C(Cn1cnc2ccc(Br)cc2c1=O)Nc1ccccc1Oc1ccccc1. The van der Waals surface area contributed by atoms with E-state index in [1.165, 1.54) is 10.9 Å². The van der Waals surface area contributed by atoms with Crippen LogP contribution >= 0.6 is 15.9 Å². The first kappa shape index (κ1) is 18.9. The largest absolute Gasteiger partial charge is 0.455 e. The van der Waals surface area contributed by atoms with Gasteiger partial charge in [0, 0.05) is 4.47 Å². The van der Waals surface area contributed by atoms with Crippen molar-refractivity contribution in [3.63, 3.8) is 0 Å². The molecule has 0 aliphatic carbocycles. The van der Waals surface area contributed by atoms with E-state index in [1.54, 1.807) is 30.3 Å². The molecule has 4 rings (SSSR count). The van der Waals surface area contributed by atoms with E-state index in [9.17, 15) is 9.59 Å². The van der Waals surface area contributed by atoms with Crippen molar-refractivity contribution in [3.8, 4) is 11.5 Å². The molecule has 0 aliphatic heterocycles. The zero-order valence-electron chi connectivity index (χ0n) is 15.2. The van der Waals surface area contributed by atoms with Gasteiger partial charge in [-0.3, -0.25) is 14.2 Å². The molecular formula is C22H16BrN3O3. The summed E-state index contributed by atoms with van der Waals surface area (Å²) in [4.78, 5) is 29.5. The normalized spacial score (nSPS) is 10.7. The van der Waals surface area contributed by atoms with Gasteiger partial charge in [-0.1, -0.05) is 46.3 Å². The third-order valence-corrected chi connectivity index (χ3v) is 4.73. The van der Waals surface area contributed by atoms with Crippen LogP contribution in [0.5, 0.6) is 11.5 Å². The Hall–Kier alpha value is -3.45. The average molecular weight is 450 g/mol. The summed E-state index contributed by atoms with van der Waals surface area (Å²) in [7, 11) is 0. The number of hydrogen-bond acceptors (Lipinski definition) is 4. The second-order valence-corrected chi connectivity index (χ2v) is 7.21. The van der Waals surface area contributed by atoms with Gasteiger partial charge in [0.05, 0.1) is 22.9 Å². The minimum atomic E-state index is -0.354. The molecule has 29 heavy (non-hydrogen) atoms. The molecule has 0 saturated heterocycles. The lowest BCUT2D eigenvalue weighted by molar-refractivity contribution is -0.116. The van der Waals surface area contributed by atoms with E-state index in [1.807, 2.05) is 42.5 Å². The number of para-hydroxylation sites is 3. The Labute approximate surface area is 174 Å². The molecule has 0 aliphatic rings. The van der Waals surface area contributed by atoms with Gasteiger partial charge in [-0.15, -0.1) is 0 Å². The van der Waals surface area contributed by atoms with Crippen LogP contribution in [0.3, 0.4) is 0 Å². The number of fused-ring (bicyclic) bond motifs is 1. The molecule has 0 fully saturated rings. The van der Waals surface area contributed by atoms with Gasteiger partial charge < -0.3 is 10.1 Å². The molecule has 1 amide bonds. The first-order chi connectivity index (χ1) is 14.1. The average Bonchev–Trinajstić information content (AvgIpc) is 2.73. The number of amides is 1. The fourth-order valence-electron chi connectivity index (χ4n) is 2.86. The van der Waals surface area contributed by atoms with Crippen LogP contribution in [-0.4, -0.2) is 15.5 Å². The predicted octanol–water partition coefficient (Wildman–Crippen LogP) is 4.59. The van der Waals surface area contributed by atoms with Crippen LogP contribution in [0, 0.1) is 0 Å². The van der Waals surface area contributed by atoms with E-state index in [2.05, 4.69) is 26.2 Å². The third kappa shape index (κ3) is 4.35. The van der Waals surface area contributed by atoms with Crippen molar-refractivity contribution in [3.05, 3.63) is 94.0 Å². The second-order valence-electron chi connectivity index (χ2n) is 6.30. The van der Waals surface area contributed by atoms with Crippen LogP contribution in [0.1, 0.15) is 0 Å². The highest BCUT2D eigenvalue weighted by atomic mass is 79.9. The van der Waals surface area contributed by atoms with Crippen molar-refractivity contribution >= 4 is 38.4 Å². The molecule has 0 atom stereocenters. The lowest BCUT2D eigenvalue weighted by atomic mass is 10.2. The van der Waals surface area contributed by atoms with Crippen molar-refractivity contribution in [1.29, 1.82) is 0 Å². The lowest BCUT2D eigenvalue weighted by Crippen LogP contribution is -2.28. The van der Waals surface area contributed by atoms with Gasteiger partial charge in [0.25, 0.3) is 5.56 Å². The molecule has 0 radical (unpaired) electrons. The molecule has 144 valence electrons. The van der Waals surface area contributed by atoms with Crippen LogP contribution in [-0.2, 0) is 11.3 Å². The van der Waals surface area contributed by atoms with Gasteiger partial charge in [-0.05, 0) is 42.5 Å². The predicted molar refractivity (Wildman–Crippen MR) is 115 cm³/mol. The summed E-state index contributed by atoms with van der Waals surface area (Å²) in [6.07, 6.45) is 1.38. The van der Waals surface area contributed by atoms with Gasteiger partial charge in [0.1, 0.15) is 12.3 Å². The van der Waals surface area contributed by atoms with Crippen molar-refractivity contribution in [2.45, 2.75) is 6.54 Å². The molecule has 1 N–H and O–H groups in total. The van der Waals surface area contributed by atoms with Crippen molar-refractivity contribution in [2.75, 3.05) is 5.32 Å². The Morgan fingerprint density at radius 1 is 1.03 bits per heavy atom. The highest BCUT2D eigenvalue weighted by Crippen LogP contribution is 2.29. The zero-order valence-corrected chi connectivity index (χ0v) is 16.8. The Kier molecular flexibility index (Phi) is 5.39. The summed E-state index contributed by atoms with van der Waals surface area (Å²) in [6, 6.07) is 21.7. The number of hydrogen-bond donors (Lipinski definition) is 1. The summed E-state index contributed by atoms with van der Waals surface area (Å²) in [5.74, 6) is 0.821. The van der Waals surface area contributed by atoms with E-state index in [0.29, 0.717) is 28.1 Å². The number of nitrogens with zero attached hydrogens (tertiary/aromatic N) is 2. The van der Waals surface area contributed by atoms with Crippen LogP contribution in [0.2, 0.25) is 0 Å². The molecular weight excluding hydrogens is 434 g/mol. The zero-order chi connectivity index (χ0) is 20.2. The smallest absolute Gasteiger partial charge is 0.261 e. The lowest BCUT2D eigenvalue weighted by Gasteiger charge is -2.13. The Morgan fingerprint density at radius 2 is 1.79 bits per heavy atom. The number of ether oxygens (including phenoxy) is 1. The van der Waals surface area contributed by atoms with Crippen LogP contribution < -0.4 is 15.6 Å². The van der Waals surface area contributed by atoms with Crippen LogP contribution in [0.4, 0.5) is 5.69 Å². The number of carbonyl (C=O) groups is 1. The topological polar surface area (TPSA) is 73.2 Å². The molecule has 3 aromatic carbocycles. The molecule has 0 bridgehead atoms. The summed E-state index contributed by atoms with van der Waals surface area (Å²) in [5, 5.41) is 3.25. The molecule has 6 nitrogen and oxygen atoms in total. The van der Waals surface area contributed by atoms with E-state index >= 15 is 0 Å². The maximum atomic E-state index is 12.7. The Bertz CT molecular complexity index is 1240. The highest BCUT2D eigenvalue weighted by molar-refractivity contribution is 9.10. The maximum Gasteiger partial charge on any atom is 0.261 e. The number of nitrogens with one attached hydrogen (secondary N) is 1. The van der Waals surface area contributed by atoms with Crippen molar-refractivity contribution in [2.24, 2.45) is 0 Å². The standard InChI is InChI=1S/C22H16BrN3O3/c23-15-10-11-18-17(12-15)22(28)26(14-24-18)13-21(27)25-19-8-4-5-9-20(19)29-16-6-2-1-3-7-16/h1-12,14H,13H2,(H,25,27). The Morgan fingerprint density at radius 3 is 2.62 bits per heavy atom. The minimum absolute atomic E-state index is 0.159. The molecule has 7 heteroatoms. The summed E-state index contributed by atoms with van der Waals surface area (Å²) >= 11 is 3.35. The monoisotopic (exact) mass is 449 g/mol. The molecule has 0 unspecified atom stereocenters. The molecule has 1 aromatic heterocycles. The fourth-order valence-corrected chi connectivity index (χ4v) is 3.22. The van der Waals surface area contributed by atoms with Gasteiger partial charge in [0.15, 0.2) is 5.75 Å². The summed E-state index contributed by atoms with van der Waals surface area (Å²) in [5.41, 5.74) is 0.822. The number of anilines is 1. The molecule has 4 aromatic rings. The van der Waals surface area contributed by atoms with E-state index in [0.717, 1.165) is 4.47 Å². The molecule has 1 heterocycles. The number of halogens is 1. The summed E-state index contributed by atoms with van der Waals surface area (Å²) in [6.45, 7) is -0.159. The van der Waals surface area contributed by atoms with Gasteiger partial charge in [-0.2, -0.15) is 0 Å². The van der Waals surface area contributed by atoms with Crippen LogP contribution in [0.15, 0.2) is 88.4 Å². The molecule has 0 spiro atoms. The fraction of sp³-hybridized carbons (Fsp3) is 0.0455. The van der Waals surface area contributed by atoms with Crippen molar-refractivity contribution in [1.82, 2.24) is 9.55 Å². The number of carbonyl (C=O) groups excluding carboxylic acids is 1. The number of benzene rings is 3. The van der Waals surface area contributed by atoms with Gasteiger partial charge >= 0.3 is 0 Å². The summed E-state index contributed by atoms with van der Waals surface area (Å²) < 4.78 is 7.91. The van der Waals surface area contributed by atoms with E-state index < -0.39 is 0 Å². The van der Waals surface area contributed by atoms with Gasteiger partial charge in [-0.25, -0.2) is 4.98 Å². The molecule has 0 saturated carbocycles. The third-order valence-electron chi connectivity index (χ3n) is 4.23. The number of rotatable bonds is 5. The van der Waals surface area contributed by atoms with E-state index in [-0.39, 0.29) is 18.0 Å². The van der Waals surface area contributed by atoms with Gasteiger partial charge in [0.2, 0.25) is 5.91 Å². The quantitative estimate of drug-likeness (QED) is 0.483. The van der Waals surface area contributed by atoms with Crippen LogP contribution in [0.25, 0.3) is 10.9 Å². The number of aromatic nitrogens is 2. The first-order valence-corrected chi connectivity index (χ1v) is 9.66. The van der Waals surface area contributed by atoms with Crippen molar-refractivity contribution < 1.29 is 9.53 Å². The maximum absolute atomic E-state index is 12.7. The minimum Gasteiger partial charge on any atom is -0.455 e. The second kappa shape index (κ2) is 8.28. The highest BCUT2D eigenvalue weighted by Gasteiger charge is 2.11.